The van der Waals surface area contributed by atoms with Crippen LogP contribution in [0.3, 0.4) is 0 Å². The molecule has 1 aliphatic rings. The van der Waals surface area contributed by atoms with Crippen molar-refractivity contribution in [2.45, 2.75) is 39.0 Å². The Morgan fingerprint density at radius 1 is 1.12 bits per heavy atom. The standard InChI is InChI=1S/C20H21F4N3O4S/c1-4-7-27-13-6-5-12(19(25)14(13)10(3)31-20(27)28)26-32(29,30)8-11-17(23)15(21)9(2)16(22)18(11)24/h5-6,10,26H,4,7-8,25H2,1-3H3. The second kappa shape index (κ2) is 8.49. The third-order valence-electron chi connectivity index (χ3n) is 5.08. The van der Waals surface area contributed by atoms with Crippen LogP contribution in [0.2, 0.25) is 0 Å². The summed E-state index contributed by atoms with van der Waals surface area (Å²) in [6.07, 6.45) is -0.739. The molecule has 0 aliphatic carbocycles. The topological polar surface area (TPSA) is 102 Å². The number of sulfonamides is 1. The minimum atomic E-state index is -4.54. The molecule has 1 aliphatic heterocycles. The first-order valence-electron chi connectivity index (χ1n) is 9.62. The van der Waals surface area contributed by atoms with Crippen molar-refractivity contribution in [3.63, 3.8) is 0 Å². The first-order chi connectivity index (χ1) is 14.9. The zero-order valence-corrected chi connectivity index (χ0v) is 18.2. The van der Waals surface area contributed by atoms with Crippen LogP contribution in [0.1, 0.15) is 43.1 Å². The fourth-order valence-electron chi connectivity index (χ4n) is 3.49. The molecule has 0 bridgehead atoms. The summed E-state index contributed by atoms with van der Waals surface area (Å²) in [4.78, 5) is 13.5. The Bertz CT molecular complexity index is 1180. The summed E-state index contributed by atoms with van der Waals surface area (Å²) in [6, 6.07) is 2.74. The Kier molecular flexibility index (Phi) is 6.27. The van der Waals surface area contributed by atoms with Crippen molar-refractivity contribution < 1.29 is 35.5 Å². The lowest BCUT2D eigenvalue weighted by Gasteiger charge is -2.33. The predicted octanol–water partition coefficient (Wildman–Crippen LogP) is 4.50. The van der Waals surface area contributed by atoms with Crippen LogP contribution in [0.25, 0.3) is 0 Å². The summed E-state index contributed by atoms with van der Waals surface area (Å²) in [5, 5.41) is 0. The molecule has 2 aromatic rings. The number of hydrogen-bond acceptors (Lipinski definition) is 5. The van der Waals surface area contributed by atoms with Gasteiger partial charge in [0.05, 0.1) is 17.1 Å². The lowest BCUT2D eigenvalue weighted by molar-refractivity contribution is 0.108. The molecule has 32 heavy (non-hydrogen) atoms. The molecule has 0 saturated carbocycles. The predicted molar refractivity (Wildman–Crippen MR) is 111 cm³/mol. The van der Waals surface area contributed by atoms with Gasteiger partial charge in [-0.1, -0.05) is 6.92 Å². The Labute approximate surface area is 182 Å². The monoisotopic (exact) mass is 475 g/mol. The number of amides is 1. The summed E-state index contributed by atoms with van der Waals surface area (Å²) >= 11 is 0. The van der Waals surface area contributed by atoms with Gasteiger partial charge in [0.2, 0.25) is 10.0 Å². The summed E-state index contributed by atoms with van der Waals surface area (Å²) in [5.41, 5.74) is 4.54. The molecule has 1 atom stereocenters. The fraction of sp³-hybridized carbons (Fsp3) is 0.350. The highest BCUT2D eigenvalue weighted by Gasteiger charge is 2.33. The number of cyclic esters (lactones) is 1. The van der Waals surface area contributed by atoms with Gasteiger partial charge >= 0.3 is 6.09 Å². The third-order valence-corrected chi connectivity index (χ3v) is 6.28. The smallest absolute Gasteiger partial charge is 0.414 e. The zero-order chi connectivity index (χ0) is 24.0. The summed E-state index contributed by atoms with van der Waals surface area (Å²) in [5.74, 6) is -8.30. The molecule has 0 aromatic heterocycles. The van der Waals surface area contributed by atoms with Crippen LogP contribution in [-0.4, -0.2) is 21.1 Å². The first-order valence-corrected chi connectivity index (χ1v) is 11.3. The van der Waals surface area contributed by atoms with Crippen molar-refractivity contribution in [1.29, 1.82) is 0 Å². The van der Waals surface area contributed by atoms with E-state index in [1.165, 1.54) is 17.0 Å². The van der Waals surface area contributed by atoms with E-state index in [-0.39, 0.29) is 11.4 Å². The minimum Gasteiger partial charge on any atom is -0.441 e. The molecule has 0 radical (unpaired) electrons. The lowest BCUT2D eigenvalue weighted by atomic mass is 10.0. The van der Waals surface area contributed by atoms with Gasteiger partial charge in [-0.25, -0.2) is 30.8 Å². The van der Waals surface area contributed by atoms with Gasteiger partial charge in [-0.3, -0.25) is 9.62 Å². The molecule has 3 rings (SSSR count). The van der Waals surface area contributed by atoms with Crippen molar-refractivity contribution in [2.24, 2.45) is 0 Å². The number of benzene rings is 2. The molecule has 1 unspecified atom stereocenters. The van der Waals surface area contributed by atoms with E-state index in [9.17, 15) is 30.8 Å². The van der Waals surface area contributed by atoms with E-state index in [2.05, 4.69) is 4.72 Å². The van der Waals surface area contributed by atoms with Crippen LogP contribution >= 0.6 is 0 Å². The molecule has 1 heterocycles. The SMILES string of the molecule is CCCN1C(=O)OC(C)c2c1ccc(NS(=O)(=O)Cc1c(F)c(F)c(C)c(F)c1F)c2N. The number of carbonyl (C=O) groups excluding carboxylic acids is 1. The maximum atomic E-state index is 14.1. The summed E-state index contributed by atoms with van der Waals surface area (Å²) in [7, 11) is -4.54. The van der Waals surface area contributed by atoms with E-state index in [4.69, 9.17) is 10.5 Å². The van der Waals surface area contributed by atoms with Crippen molar-refractivity contribution in [3.05, 3.63) is 52.1 Å². The number of fused-ring (bicyclic) bond motifs is 1. The second-order valence-electron chi connectivity index (χ2n) is 7.36. The Morgan fingerprint density at radius 2 is 1.72 bits per heavy atom. The number of hydrogen-bond donors (Lipinski definition) is 2. The quantitative estimate of drug-likeness (QED) is 0.364. The average molecular weight is 475 g/mol. The molecular weight excluding hydrogens is 454 g/mol. The number of anilines is 3. The third kappa shape index (κ3) is 4.06. The number of nitrogens with zero attached hydrogens (tertiary/aromatic N) is 1. The van der Waals surface area contributed by atoms with Crippen LogP contribution in [0, 0.1) is 30.2 Å². The van der Waals surface area contributed by atoms with Gasteiger partial charge < -0.3 is 10.5 Å². The maximum absolute atomic E-state index is 14.1. The summed E-state index contributed by atoms with van der Waals surface area (Å²) in [6.45, 7) is 4.58. The fourth-order valence-corrected chi connectivity index (χ4v) is 4.71. The molecule has 0 fully saturated rings. The van der Waals surface area contributed by atoms with Crippen molar-refractivity contribution >= 4 is 33.2 Å². The van der Waals surface area contributed by atoms with Crippen LogP contribution in [0.4, 0.5) is 39.4 Å². The number of nitrogens with one attached hydrogen (secondary N) is 1. The van der Waals surface area contributed by atoms with Gasteiger partial charge in [-0.15, -0.1) is 0 Å². The zero-order valence-electron chi connectivity index (χ0n) is 17.4. The highest BCUT2D eigenvalue weighted by Crippen LogP contribution is 2.42. The number of carbonyl (C=O) groups is 1. The number of nitrogens with two attached hydrogens (primary N) is 1. The molecule has 12 heteroatoms. The Hall–Kier alpha value is -3.02. The van der Waals surface area contributed by atoms with Crippen molar-refractivity contribution in [2.75, 3.05) is 21.9 Å². The molecule has 3 N–H and O–H groups in total. The van der Waals surface area contributed by atoms with Crippen LogP contribution in [0.5, 0.6) is 0 Å². The number of ether oxygens (including phenoxy) is 1. The van der Waals surface area contributed by atoms with Crippen LogP contribution in [-0.2, 0) is 20.5 Å². The Balaban J connectivity index is 1.98. The number of halogens is 4. The number of rotatable bonds is 6. The van der Waals surface area contributed by atoms with Crippen LogP contribution in [0.15, 0.2) is 12.1 Å². The van der Waals surface area contributed by atoms with E-state index in [0.29, 0.717) is 24.2 Å². The van der Waals surface area contributed by atoms with Gasteiger partial charge in [0.25, 0.3) is 0 Å². The second-order valence-corrected chi connectivity index (χ2v) is 9.08. The molecule has 0 saturated heterocycles. The van der Waals surface area contributed by atoms with E-state index in [1.54, 1.807) is 6.92 Å². The van der Waals surface area contributed by atoms with Crippen molar-refractivity contribution in [1.82, 2.24) is 0 Å². The van der Waals surface area contributed by atoms with E-state index >= 15 is 0 Å². The highest BCUT2D eigenvalue weighted by atomic mass is 32.2. The van der Waals surface area contributed by atoms with Gasteiger partial charge in [0, 0.05) is 23.2 Å². The van der Waals surface area contributed by atoms with Gasteiger partial charge in [-0.2, -0.15) is 0 Å². The molecule has 1 amide bonds. The highest BCUT2D eigenvalue weighted by molar-refractivity contribution is 7.91. The minimum absolute atomic E-state index is 0.0608. The molecular formula is C20H21F4N3O4S. The van der Waals surface area contributed by atoms with E-state index in [1.807, 2.05) is 6.92 Å². The molecule has 2 aromatic carbocycles. The molecule has 174 valence electrons. The summed E-state index contributed by atoms with van der Waals surface area (Å²) < 4.78 is 88.3. The van der Waals surface area contributed by atoms with Gasteiger partial charge in [-0.05, 0) is 32.4 Å². The molecule has 0 spiro atoms. The van der Waals surface area contributed by atoms with Crippen molar-refractivity contribution in [3.8, 4) is 0 Å². The largest absolute Gasteiger partial charge is 0.441 e. The van der Waals surface area contributed by atoms with Gasteiger partial charge in [0.15, 0.2) is 23.3 Å². The first kappa shape index (κ1) is 23.6. The Morgan fingerprint density at radius 3 is 2.28 bits per heavy atom. The maximum Gasteiger partial charge on any atom is 0.414 e. The lowest BCUT2D eigenvalue weighted by Crippen LogP contribution is -2.38. The molecule has 7 nitrogen and oxygen atoms in total. The van der Waals surface area contributed by atoms with Crippen LogP contribution < -0.4 is 15.4 Å². The van der Waals surface area contributed by atoms with E-state index < -0.39 is 62.4 Å². The number of nitrogen functional groups attached to an aromatic ring is 1. The van der Waals surface area contributed by atoms with Gasteiger partial charge in [0.1, 0.15) is 11.9 Å². The average Bonchev–Trinajstić information content (AvgIpc) is 2.72. The van der Waals surface area contributed by atoms with E-state index in [0.717, 1.165) is 6.92 Å². The normalized spacial score (nSPS) is 16.0.